The minimum absolute atomic E-state index is 0.0108. The summed E-state index contributed by atoms with van der Waals surface area (Å²) in [7, 11) is 2.90. The van der Waals surface area contributed by atoms with Gasteiger partial charge in [0.05, 0.1) is 14.2 Å². The van der Waals surface area contributed by atoms with Crippen LogP contribution in [0.1, 0.15) is 36.0 Å². The lowest BCUT2D eigenvalue weighted by molar-refractivity contribution is -0.126. The van der Waals surface area contributed by atoms with Crippen molar-refractivity contribution in [2.24, 2.45) is 0 Å². The molecule has 3 aromatic rings. The highest BCUT2D eigenvalue weighted by atomic mass is 16.5. The van der Waals surface area contributed by atoms with E-state index >= 15 is 0 Å². The van der Waals surface area contributed by atoms with Crippen LogP contribution in [0.15, 0.2) is 78.9 Å². The van der Waals surface area contributed by atoms with Gasteiger partial charge in [0.25, 0.3) is 0 Å². The van der Waals surface area contributed by atoms with Crippen molar-refractivity contribution in [3.63, 3.8) is 0 Å². The molecule has 11 nitrogen and oxygen atoms in total. The summed E-state index contributed by atoms with van der Waals surface area (Å²) in [5.74, 6) is 0.0332. The van der Waals surface area contributed by atoms with E-state index in [2.05, 4.69) is 10.6 Å². The lowest BCUT2D eigenvalue weighted by Gasteiger charge is -2.21. The molecule has 3 rings (SSSR count). The normalized spacial score (nSPS) is 11.2. The summed E-state index contributed by atoms with van der Waals surface area (Å²) in [6, 6.07) is 16.0. The van der Waals surface area contributed by atoms with Crippen molar-refractivity contribution in [3.8, 4) is 28.7 Å². The first-order valence-corrected chi connectivity index (χ1v) is 15.1. The zero-order valence-corrected chi connectivity index (χ0v) is 26.5. The van der Waals surface area contributed by atoms with Crippen molar-refractivity contribution in [2.75, 3.05) is 40.4 Å². The van der Waals surface area contributed by atoms with E-state index in [1.165, 1.54) is 44.6 Å². The maximum absolute atomic E-state index is 13.1. The SMILES string of the molecule is COc1cc(/C=C/C(=O)NCCCCN(CCCNC(=O)/C=C/c2ccc(O)c(OC)c2)C(=O)/C=C/c2ccc(O)cc2)ccc1O. The fraction of sp³-hybridized carbons (Fsp3) is 0.250. The quantitative estimate of drug-likeness (QED) is 0.106. The summed E-state index contributed by atoms with van der Waals surface area (Å²) in [6.45, 7) is 1.63. The van der Waals surface area contributed by atoms with Crippen LogP contribution in [0.4, 0.5) is 0 Å². The Morgan fingerprint density at radius 2 is 1.11 bits per heavy atom. The van der Waals surface area contributed by atoms with Gasteiger partial charge >= 0.3 is 0 Å². The molecule has 0 unspecified atom stereocenters. The number of hydrogen-bond donors (Lipinski definition) is 5. The Hall–Kier alpha value is -5.71. The number of methoxy groups -OCH3 is 2. The molecule has 0 saturated carbocycles. The minimum atomic E-state index is -0.295. The maximum Gasteiger partial charge on any atom is 0.246 e. The first kappa shape index (κ1) is 35.8. The van der Waals surface area contributed by atoms with Gasteiger partial charge in [0.15, 0.2) is 23.0 Å². The Balaban J connectivity index is 1.47. The zero-order valence-electron chi connectivity index (χ0n) is 26.5. The van der Waals surface area contributed by atoms with Crippen LogP contribution in [-0.4, -0.2) is 78.3 Å². The van der Waals surface area contributed by atoms with E-state index in [1.54, 1.807) is 71.7 Å². The minimum Gasteiger partial charge on any atom is -0.508 e. The van der Waals surface area contributed by atoms with Gasteiger partial charge in [-0.2, -0.15) is 0 Å². The third kappa shape index (κ3) is 12.7. The van der Waals surface area contributed by atoms with Crippen LogP contribution < -0.4 is 20.1 Å². The lowest BCUT2D eigenvalue weighted by atomic mass is 10.2. The predicted molar refractivity (Wildman–Crippen MR) is 181 cm³/mol. The van der Waals surface area contributed by atoms with Gasteiger partial charge in [-0.1, -0.05) is 24.3 Å². The molecule has 0 aliphatic heterocycles. The summed E-state index contributed by atoms with van der Waals surface area (Å²) in [4.78, 5) is 39.3. The Kier molecular flexibility index (Phi) is 14.4. The zero-order chi connectivity index (χ0) is 34.0. The molecule has 0 aliphatic rings. The van der Waals surface area contributed by atoms with Crippen LogP contribution in [0.5, 0.6) is 28.7 Å². The molecule has 0 bridgehead atoms. The van der Waals surface area contributed by atoms with E-state index in [-0.39, 0.29) is 35.0 Å². The highest BCUT2D eigenvalue weighted by Gasteiger charge is 2.11. The second-order valence-corrected chi connectivity index (χ2v) is 10.4. The molecular weight excluding hydrogens is 602 g/mol. The van der Waals surface area contributed by atoms with Gasteiger partial charge in [-0.25, -0.2) is 0 Å². The highest BCUT2D eigenvalue weighted by Crippen LogP contribution is 2.27. The summed E-state index contributed by atoms with van der Waals surface area (Å²) in [6.07, 6.45) is 11.0. The van der Waals surface area contributed by atoms with Crippen LogP contribution >= 0.6 is 0 Å². The molecule has 0 aliphatic carbocycles. The summed E-state index contributed by atoms with van der Waals surface area (Å²) < 4.78 is 10.2. The van der Waals surface area contributed by atoms with Crippen molar-refractivity contribution in [3.05, 3.63) is 95.6 Å². The first-order chi connectivity index (χ1) is 22.7. The molecule has 248 valence electrons. The Bertz CT molecular complexity index is 1580. The molecule has 0 radical (unpaired) electrons. The Labute approximate surface area is 274 Å². The fourth-order valence-corrected chi connectivity index (χ4v) is 4.37. The third-order valence-electron chi connectivity index (χ3n) is 6.94. The smallest absolute Gasteiger partial charge is 0.246 e. The number of nitrogens with one attached hydrogen (secondary N) is 2. The fourth-order valence-electron chi connectivity index (χ4n) is 4.37. The van der Waals surface area contributed by atoms with Crippen molar-refractivity contribution in [1.82, 2.24) is 15.5 Å². The molecule has 0 aromatic heterocycles. The molecule has 0 fully saturated rings. The number of carbonyl (C=O) groups excluding carboxylic acids is 3. The van der Waals surface area contributed by atoms with Crippen LogP contribution in [0.2, 0.25) is 0 Å². The van der Waals surface area contributed by atoms with Crippen molar-refractivity contribution in [1.29, 1.82) is 0 Å². The van der Waals surface area contributed by atoms with Crippen LogP contribution in [0.3, 0.4) is 0 Å². The maximum atomic E-state index is 13.1. The van der Waals surface area contributed by atoms with E-state index in [1.807, 2.05) is 0 Å². The summed E-state index contributed by atoms with van der Waals surface area (Å²) in [5, 5.41) is 34.6. The number of aromatic hydroxyl groups is 3. The number of unbranched alkanes of at least 4 members (excludes halogenated alkanes) is 1. The van der Waals surface area contributed by atoms with E-state index in [0.717, 1.165) is 5.56 Å². The van der Waals surface area contributed by atoms with E-state index in [0.29, 0.717) is 68.1 Å². The second kappa shape index (κ2) is 18.9. The lowest BCUT2D eigenvalue weighted by Crippen LogP contribution is -2.34. The average molecular weight is 644 g/mol. The van der Waals surface area contributed by atoms with Crippen LogP contribution in [-0.2, 0) is 14.4 Å². The Morgan fingerprint density at radius 1 is 0.638 bits per heavy atom. The molecular formula is C36H41N3O8. The molecule has 0 saturated heterocycles. The number of phenolic OH excluding ortho intramolecular Hbond substituents is 3. The number of nitrogens with zero attached hydrogens (tertiary/aromatic N) is 1. The number of amides is 3. The predicted octanol–water partition coefficient (Wildman–Crippen LogP) is 4.49. The Morgan fingerprint density at radius 3 is 1.64 bits per heavy atom. The van der Waals surface area contributed by atoms with Gasteiger partial charge in [-0.3, -0.25) is 14.4 Å². The molecule has 3 amide bonds. The average Bonchev–Trinajstić information content (AvgIpc) is 3.07. The van der Waals surface area contributed by atoms with Gasteiger partial charge in [0, 0.05) is 44.4 Å². The van der Waals surface area contributed by atoms with Gasteiger partial charge in [0.1, 0.15) is 5.75 Å². The van der Waals surface area contributed by atoms with Crippen LogP contribution in [0, 0.1) is 0 Å². The van der Waals surface area contributed by atoms with Gasteiger partial charge in [0.2, 0.25) is 17.7 Å². The molecule has 5 N–H and O–H groups in total. The number of benzene rings is 3. The van der Waals surface area contributed by atoms with Crippen LogP contribution in [0.25, 0.3) is 18.2 Å². The van der Waals surface area contributed by atoms with E-state index < -0.39 is 0 Å². The number of carbonyl (C=O) groups is 3. The third-order valence-corrected chi connectivity index (χ3v) is 6.94. The summed E-state index contributed by atoms with van der Waals surface area (Å²) >= 11 is 0. The number of rotatable bonds is 17. The first-order valence-electron chi connectivity index (χ1n) is 15.1. The topological polar surface area (TPSA) is 158 Å². The molecule has 3 aromatic carbocycles. The monoisotopic (exact) mass is 643 g/mol. The van der Waals surface area contributed by atoms with Gasteiger partial charge < -0.3 is 40.3 Å². The van der Waals surface area contributed by atoms with E-state index in [9.17, 15) is 29.7 Å². The molecule has 0 heterocycles. The van der Waals surface area contributed by atoms with Gasteiger partial charge in [-0.05, 0) is 90.6 Å². The standard InChI is InChI=1S/C36H41N3O8/c1-46-32-24-27(8-15-30(32)41)10-17-34(43)37-20-3-4-22-39(36(45)19-12-26-6-13-29(40)14-7-26)23-5-21-38-35(44)18-11-28-9-16-31(42)33(25-28)47-2/h6-19,24-25,40-42H,3-5,20-23H2,1-2H3,(H,37,43)(H,38,44)/b17-10+,18-11+,19-12+. The van der Waals surface area contributed by atoms with Crippen molar-refractivity contribution >= 4 is 35.9 Å². The molecule has 47 heavy (non-hydrogen) atoms. The summed E-state index contributed by atoms with van der Waals surface area (Å²) in [5.41, 5.74) is 2.16. The van der Waals surface area contributed by atoms with E-state index in [4.69, 9.17) is 9.47 Å². The molecule has 0 atom stereocenters. The number of hydrogen-bond acceptors (Lipinski definition) is 8. The molecule has 0 spiro atoms. The van der Waals surface area contributed by atoms with Crippen molar-refractivity contribution < 1.29 is 39.2 Å². The molecule has 11 heteroatoms. The van der Waals surface area contributed by atoms with Crippen molar-refractivity contribution in [2.45, 2.75) is 19.3 Å². The number of phenols is 3. The highest BCUT2D eigenvalue weighted by molar-refractivity contribution is 5.93. The number of ether oxygens (including phenoxy) is 2. The second-order valence-electron chi connectivity index (χ2n) is 10.4. The van der Waals surface area contributed by atoms with Gasteiger partial charge in [-0.15, -0.1) is 0 Å². The largest absolute Gasteiger partial charge is 0.508 e.